The molecule has 7 nitrogen and oxygen atoms in total. The highest BCUT2D eigenvalue weighted by atomic mass is 16.6. The first-order valence-electron chi connectivity index (χ1n) is 8.97. The van der Waals surface area contributed by atoms with Gasteiger partial charge in [0.15, 0.2) is 0 Å². The lowest BCUT2D eigenvalue weighted by molar-refractivity contribution is -0.131. The van der Waals surface area contributed by atoms with Gasteiger partial charge in [0.1, 0.15) is 11.4 Å². The highest BCUT2D eigenvalue weighted by Gasteiger charge is 2.27. The third-order valence-electron chi connectivity index (χ3n) is 4.14. The fourth-order valence-electron chi connectivity index (χ4n) is 2.97. The number of nitrogens with one attached hydrogen (secondary N) is 1. The second-order valence-corrected chi connectivity index (χ2v) is 7.58. The van der Waals surface area contributed by atoms with E-state index < -0.39 is 17.7 Å². The molecule has 1 aromatic rings. The fraction of sp³-hybridized carbons (Fsp3) is 0.500. The number of benzene rings is 1. The maximum atomic E-state index is 12.0. The van der Waals surface area contributed by atoms with Crippen LogP contribution in [0.25, 0.3) is 0 Å². The number of methoxy groups -OCH3 is 1. The van der Waals surface area contributed by atoms with Crippen molar-refractivity contribution in [1.82, 2.24) is 10.2 Å². The molecule has 0 aliphatic carbocycles. The SMILES string of the molecule is COc1ccc(CN2CC(NC(=O)OC(C)(C)C)CCC2=CC(=O)O)cc1. The highest BCUT2D eigenvalue weighted by molar-refractivity contribution is 5.80. The minimum atomic E-state index is -0.969. The maximum absolute atomic E-state index is 12.0. The molecule has 1 heterocycles. The lowest BCUT2D eigenvalue weighted by atomic mass is 10.0. The average Bonchev–Trinajstić information content (AvgIpc) is 2.56. The van der Waals surface area contributed by atoms with Crippen molar-refractivity contribution < 1.29 is 24.2 Å². The number of carbonyl (C=O) groups excluding carboxylic acids is 1. The smallest absolute Gasteiger partial charge is 0.407 e. The van der Waals surface area contributed by atoms with Gasteiger partial charge >= 0.3 is 12.1 Å². The molecule has 0 bridgehead atoms. The Balaban J connectivity index is 2.08. The lowest BCUT2D eigenvalue weighted by Gasteiger charge is -2.37. The molecule has 0 saturated carbocycles. The zero-order valence-electron chi connectivity index (χ0n) is 16.3. The van der Waals surface area contributed by atoms with Gasteiger partial charge in [0.2, 0.25) is 0 Å². The van der Waals surface area contributed by atoms with E-state index in [1.165, 1.54) is 6.08 Å². The van der Waals surface area contributed by atoms with E-state index >= 15 is 0 Å². The molecule has 1 fully saturated rings. The molecule has 27 heavy (non-hydrogen) atoms. The number of carboxylic acid groups (broad SMARTS) is 1. The Morgan fingerprint density at radius 3 is 2.52 bits per heavy atom. The van der Waals surface area contributed by atoms with Crippen molar-refractivity contribution in [3.05, 3.63) is 41.6 Å². The van der Waals surface area contributed by atoms with E-state index in [-0.39, 0.29) is 6.04 Å². The predicted molar refractivity (Wildman–Crippen MR) is 102 cm³/mol. The number of allylic oxidation sites excluding steroid dienone is 1. The van der Waals surface area contributed by atoms with E-state index in [0.29, 0.717) is 25.9 Å². The summed E-state index contributed by atoms with van der Waals surface area (Å²) in [7, 11) is 1.61. The molecule has 1 aromatic carbocycles. The first kappa shape index (κ1) is 20.6. The van der Waals surface area contributed by atoms with Crippen molar-refractivity contribution in [1.29, 1.82) is 0 Å². The van der Waals surface area contributed by atoms with Crippen LogP contribution in [0.4, 0.5) is 4.79 Å². The summed E-state index contributed by atoms with van der Waals surface area (Å²) >= 11 is 0. The summed E-state index contributed by atoms with van der Waals surface area (Å²) in [5.41, 5.74) is 1.22. The molecule has 2 N–H and O–H groups in total. The molecule has 1 aliphatic heterocycles. The number of aliphatic carboxylic acids is 1. The number of carboxylic acids is 1. The predicted octanol–water partition coefficient (Wildman–Crippen LogP) is 3.15. The first-order chi connectivity index (χ1) is 12.7. The molecular weight excluding hydrogens is 348 g/mol. The van der Waals surface area contributed by atoms with Gasteiger partial charge in [0, 0.05) is 24.9 Å². The second-order valence-electron chi connectivity index (χ2n) is 7.58. The van der Waals surface area contributed by atoms with Gasteiger partial charge in [-0.15, -0.1) is 0 Å². The quantitative estimate of drug-likeness (QED) is 0.768. The number of ether oxygens (including phenoxy) is 2. The summed E-state index contributed by atoms with van der Waals surface area (Å²) in [5.74, 6) is -0.202. The van der Waals surface area contributed by atoms with Crippen LogP contribution in [0.3, 0.4) is 0 Å². The Hall–Kier alpha value is -2.70. The molecule has 148 valence electrons. The zero-order chi connectivity index (χ0) is 20.0. The molecule has 7 heteroatoms. The molecule has 0 radical (unpaired) electrons. The number of rotatable bonds is 5. The average molecular weight is 376 g/mol. The van der Waals surface area contributed by atoms with E-state index in [4.69, 9.17) is 14.6 Å². The van der Waals surface area contributed by atoms with Crippen molar-refractivity contribution in [2.75, 3.05) is 13.7 Å². The monoisotopic (exact) mass is 376 g/mol. The Morgan fingerprint density at radius 2 is 1.96 bits per heavy atom. The number of amides is 1. The Bertz CT molecular complexity index is 691. The Kier molecular flexibility index (Phi) is 6.71. The summed E-state index contributed by atoms with van der Waals surface area (Å²) in [6.45, 7) is 6.52. The van der Waals surface area contributed by atoms with Gasteiger partial charge in [-0.2, -0.15) is 0 Å². The van der Waals surface area contributed by atoms with Crippen LogP contribution in [0.2, 0.25) is 0 Å². The molecule has 1 aliphatic rings. The minimum Gasteiger partial charge on any atom is -0.497 e. The van der Waals surface area contributed by atoms with Gasteiger partial charge in [0.05, 0.1) is 13.2 Å². The van der Waals surface area contributed by atoms with E-state index in [1.807, 2.05) is 49.9 Å². The molecule has 0 spiro atoms. The summed E-state index contributed by atoms with van der Waals surface area (Å²) < 4.78 is 10.5. The van der Waals surface area contributed by atoms with Gasteiger partial charge in [0.25, 0.3) is 0 Å². The van der Waals surface area contributed by atoms with Crippen molar-refractivity contribution in [3.8, 4) is 5.75 Å². The van der Waals surface area contributed by atoms with Gasteiger partial charge in [-0.1, -0.05) is 12.1 Å². The molecule has 1 atom stereocenters. The molecular formula is C20H28N2O5. The van der Waals surface area contributed by atoms with Crippen LogP contribution in [0.5, 0.6) is 5.75 Å². The third kappa shape index (κ3) is 6.84. The number of carbonyl (C=O) groups is 2. The van der Waals surface area contributed by atoms with Crippen LogP contribution < -0.4 is 10.1 Å². The topological polar surface area (TPSA) is 88.1 Å². The normalized spacial score (nSPS) is 18.9. The van der Waals surface area contributed by atoms with Gasteiger partial charge in [-0.25, -0.2) is 9.59 Å². The maximum Gasteiger partial charge on any atom is 0.407 e. The largest absolute Gasteiger partial charge is 0.497 e. The van der Waals surface area contributed by atoms with E-state index in [0.717, 1.165) is 17.0 Å². The summed E-state index contributed by atoms with van der Waals surface area (Å²) in [6, 6.07) is 7.53. The van der Waals surface area contributed by atoms with Gasteiger partial charge in [-0.05, 0) is 51.3 Å². The third-order valence-corrected chi connectivity index (χ3v) is 4.14. The van der Waals surface area contributed by atoms with Crippen LogP contribution in [0.15, 0.2) is 36.0 Å². The van der Waals surface area contributed by atoms with Crippen LogP contribution in [0.1, 0.15) is 39.2 Å². The molecule has 1 unspecified atom stereocenters. The first-order valence-corrected chi connectivity index (χ1v) is 8.97. The number of hydrogen-bond donors (Lipinski definition) is 2. The van der Waals surface area contributed by atoms with E-state index in [2.05, 4.69) is 5.32 Å². The molecule has 2 rings (SSSR count). The highest BCUT2D eigenvalue weighted by Crippen LogP contribution is 2.24. The fourth-order valence-corrected chi connectivity index (χ4v) is 2.97. The van der Waals surface area contributed by atoms with Crippen molar-refractivity contribution in [3.63, 3.8) is 0 Å². The zero-order valence-corrected chi connectivity index (χ0v) is 16.3. The molecule has 1 saturated heterocycles. The number of likely N-dealkylation sites (tertiary alicyclic amines) is 1. The number of piperidine rings is 1. The number of nitrogens with zero attached hydrogens (tertiary/aromatic N) is 1. The van der Waals surface area contributed by atoms with Crippen LogP contribution in [-0.4, -0.2) is 47.4 Å². The van der Waals surface area contributed by atoms with Crippen LogP contribution in [-0.2, 0) is 16.1 Å². The molecule has 0 aromatic heterocycles. The van der Waals surface area contributed by atoms with E-state index in [9.17, 15) is 9.59 Å². The lowest BCUT2D eigenvalue weighted by Crippen LogP contribution is -2.48. The van der Waals surface area contributed by atoms with Gasteiger partial charge in [-0.3, -0.25) is 0 Å². The number of hydrogen-bond acceptors (Lipinski definition) is 5. The summed E-state index contributed by atoms with van der Waals surface area (Å²) in [5, 5.41) is 12.0. The standard InChI is InChI=1S/C20H28N2O5/c1-20(2,3)27-19(25)21-15-7-8-16(11-18(23)24)22(13-15)12-14-5-9-17(26-4)10-6-14/h5-6,9-11,15H,7-8,12-13H2,1-4H3,(H,21,25)(H,23,24). The van der Waals surface area contributed by atoms with Crippen molar-refractivity contribution >= 4 is 12.1 Å². The summed E-state index contributed by atoms with van der Waals surface area (Å²) in [6.07, 6.45) is 2.02. The van der Waals surface area contributed by atoms with Crippen LogP contribution in [0, 0.1) is 0 Å². The van der Waals surface area contributed by atoms with Crippen LogP contribution >= 0.6 is 0 Å². The Labute approximate surface area is 159 Å². The van der Waals surface area contributed by atoms with Crippen molar-refractivity contribution in [2.45, 2.75) is 51.8 Å². The Morgan fingerprint density at radius 1 is 1.30 bits per heavy atom. The van der Waals surface area contributed by atoms with E-state index in [1.54, 1.807) is 7.11 Å². The van der Waals surface area contributed by atoms with Crippen molar-refractivity contribution in [2.24, 2.45) is 0 Å². The summed E-state index contributed by atoms with van der Waals surface area (Å²) in [4.78, 5) is 25.2. The van der Waals surface area contributed by atoms with Gasteiger partial charge < -0.3 is 24.8 Å². The molecule has 1 amide bonds. The number of alkyl carbamates (subject to hydrolysis) is 1. The second kappa shape index (κ2) is 8.79. The minimum absolute atomic E-state index is 0.107.